The van der Waals surface area contributed by atoms with Gasteiger partial charge in [0.2, 0.25) is 0 Å². The first-order valence-corrected chi connectivity index (χ1v) is 8.59. The number of sulfonamides is 1. The van der Waals surface area contributed by atoms with Gasteiger partial charge < -0.3 is 5.73 Å². The van der Waals surface area contributed by atoms with Crippen molar-refractivity contribution in [3.8, 4) is 0 Å². The lowest BCUT2D eigenvalue weighted by Gasteiger charge is -2.09. The van der Waals surface area contributed by atoms with E-state index < -0.39 is 10.0 Å². The Hall–Kier alpha value is -1.22. The molecule has 0 atom stereocenters. The Morgan fingerprint density at radius 1 is 1.33 bits per heavy atom. The standard InChI is InChI=1S/C12H9BrClN3O2S2/c13-9-5-7(1-3-10(9)14)17-21(18,19)8-2-4-11(12(15)20)16-6-8/h1-6,17H,(H2,15,20). The van der Waals surface area contributed by atoms with Crippen LogP contribution < -0.4 is 10.5 Å². The van der Waals surface area contributed by atoms with Gasteiger partial charge in [-0.1, -0.05) is 23.8 Å². The Labute approximate surface area is 140 Å². The number of hydrogen-bond acceptors (Lipinski definition) is 4. The zero-order valence-electron chi connectivity index (χ0n) is 10.4. The van der Waals surface area contributed by atoms with Crippen LogP contribution in [-0.2, 0) is 10.0 Å². The van der Waals surface area contributed by atoms with Gasteiger partial charge in [0, 0.05) is 10.7 Å². The smallest absolute Gasteiger partial charge is 0.263 e. The number of nitrogens with two attached hydrogens (primary N) is 1. The number of pyridine rings is 1. The van der Waals surface area contributed by atoms with Crippen LogP contribution in [0.1, 0.15) is 5.69 Å². The van der Waals surface area contributed by atoms with E-state index in [2.05, 4.69) is 25.6 Å². The van der Waals surface area contributed by atoms with E-state index in [-0.39, 0.29) is 9.88 Å². The Morgan fingerprint density at radius 3 is 2.57 bits per heavy atom. The minimum absolute atomic E-state index is 0.00794. The van der Waals surface area contributed by atoms with Gasteiger partial charge in [0.1, 0.15) is 9.88 Å². The molecule has 0 unspecified atom stereocenters. The van der Waals surface area contributed by atoms with Crippen molar-refractivity contribution in [1.82, 2.24) is 4.98 Å². The van der Waals surface area contributed by atoms with Crippen LogP contribution >= 0.6 is 39.7 Å². The van der Waals surface area contributed by atoms with Crippen molar-refractivity contribution >= 4 is 60.4 Å². The Balaban J connectivity index is 2.29. The summed E-state index contributed by atoms with van der Waals surface area (Å²) >= 11 is 13.8. The van der Waals surface area contributed by atoms with Crippen molar-refractivity contribution in [3.05, 3.63) is 51.7 Å². The molecule has 0 aliphatic carbocycles. The molecule has 1 aromatic heterocycles. The van der Waals surface area contributed by atoms with Gasteiger partial charge in [-0.2, -0.15) is 0 Å². The number of hydrogen-bond donors (Lipinski definition) is 2. The summed E-state index contributed by atoms with van der Waals surface area (Å²) in [6.07, 6.45) is 1.20. The SMILES string of the molecule is NC(=S)c1ccc(S(=O)(=O)Nc2ccc(Cl)c(Br)c2)cn1. The first kappa shape index (κ1) is 16.2. The van der Waals surface area contributed by atoms with Crippen LogP contribution in [0.15, 0.2) is 45.9 Å². The molecule has 0 bridgehead atoms. The highest BCUT2D eigenvalue weighted by molar-refractivity contribution is 9.10. The normalized spacial score (nSPS) is 11.1. The molecule has 0 fully saturated rings. The van der Waals surface area contributed by atoms with Crippen molar-refractivity contribution in [2.24, 2.45) is 5.73 Å². The molecular formula is C12H9BrClN3O2S2. The van der Waals surface area contributed by atoms with Crippen molar-refractivity contribution < 1.29 is 8.42 Å². The van der Waals surface area contributed by atoms with Gasteiger partial charge in [-0.3, -0.25) is 9.71 Å². The zero-order valence-corrected chi connectivity index (χ0v) is 14.4. The topological polar surface area (TPSA) is 85.1 Å². The predicted molar refractivity (Wildman–Crippen MR) is 90.1 cm³/mol. The van der Waals surface area contributed by atoms with Gasteiger partial charge in [-0.15, -0.1) is 0 Å². The largest absolute Gasteiger partial charge is 0.388 e. The molecule has 0 amide bonds. The van der Waals surface area contributed by atoms with Gasteiger partial charge in [0.05, 0.1) is 16.4 Å². The summed E-state index contributed by atoms with van der Waals surface area (Å²) < 4.78 is 27.5. The van der Waals surface area contributed by atoms with E-state index in [1.807, 2.05) is 0 Å². The summed E-state index contributed by atoms with van der Waals surface area (Å²) in [5.41, 5.74) is 6.15. The van der Waals surface area contributed by atoms with Gasteiger partial charge in [0.15, 0.2) is 0 Å². The van der Waals surface area contributed by atoms with Crippen LogP contribution in [0.3, 0.4) is 0 Å². The van der Waals surface area contributed by atoms with E-state index in [4.69, 9.17) is 29.6 Å². The first-order chi connectivity index (χ1) is 9.79. The number of thiocarbonyl (C=S) groups is 1. The van der Waals surface area contributed by atoms with Crippen LogP contribution in [0.25, 0.3) is 0 Å². The van der Waals surface area contributed by atoms with Crippen molar-refractivity contribution in [2.75, 3.05) is 4.72 Å². The van der Waals surface area contributed by atoms with Gasteiger partial charge in [0.25, 0.3) is 10.0 Å². The Kier molecular flexibility index (Phi) is 4.82. The fraction of sp³-hybridized carbons (Fsp3) is 0. The third-order valence-corrected chi connectivity index (χ3v) is 5.26. The minimum atomic E-state index is -3.75. The second-order valence-electron chi connectivity index (χ2n) is 3.98. The molecule has 1 heterocycles. The third kappa shape index (κ3) is 3.91. The van der Waals surface area contributed by atoms with E-state index in [1.165, 1.54) is 18.3 Å². The molecule has 110 valence electrons. The molecule has 0 saturated heterocycles. The monoisotopic (exact) mass is 405 g/mol. The molecule has 21 heavy (non-hydrogen) atoms. The van der Waals surface area contributed by atoms with Crippen LogP contribution in [0.5, 0.6) is 0 Å². The Bertz CT molecular complexity index is 795. The summed E-state index contributed by atoms with van der Waals surface area (Å²) in [4.78, 5) is 4.02. The molecule has 0 spiro atoms. The van der Waals surface area contributed by atoms with E-state index in [1.54, 1.807) is 18.2 Å². The number of halogens is 2. The highest BCUT2D eigenvalue weighted by Gasteiger charge is 2.15. The zero-order chi connectivity index (χ0) is 15.6. The number of benzene rings is 1. The molecule has 0 aliphatic heterocycles. The van der Waals surface area contributed by atoms with Crippen LogP contribution in [0.4, 0.5) is 5.69 Å². The number of aromatic nitrogens is 1. The van der Waals surface area contributed by atoms with Gasteiger partial charge in [-0.25, -0.2) is 8.42 Å². The fourth-order valence-corrected chi connectivity index (χ4v) is 3.07. The van der Waals surface area contributed by atoms with Crippen molar-refractivity contribution in [3.63, 3.8) is 0 Å². The maximum absolute atomic E-state index is 12.2. The van der Waals surface area contributed by atoms with Crippen molar-refractivity contribution in [2.45, 2.75) is 4.90 Å². The lowest BCUT2D eigenvalue weighted by atomic mass is 10.3. The molecule has 2 aromatic rings. The summed E-state index contributed by atoms with van der Waals surface area (Å²) in [7, 11) is -3.75. The first-order valence-electron chi connectivity index (χ1n) is 5.53. The number of anilines is 1. The summed E-state index contributed by atoms with van der Waals surface area (Å²) in [5.74, 6) is 0. The van der Waals surface area contributed by atoms with E-state index >= 15 is 0 Å². The quantitative estimate of drug-likeness (QED) is 0.763. The fourth-order valence-electron chi connectivity index (χ4n) is 1.46. The van der Waals surface area contributed by atoms with Gasteiger partial charge in [-0.05, 0) is 46.3 Å². The second-order valence-corrected chi connectivity index (χ2v) is 7.36. The van der Waals surface area contributed by atoms with E-state index in [0.717, 1.165) is 0 Å². The van der Waals surface area contributed by atoms with Crippen LogP contribution in [-0.4, -0.2) is 18.4 Å². The number of nitrogens with zero attached hydrogens (tertiary/aromatic N) is 1. The Morgan fingerprint density at radius 2 is 2.05 bits per heavy atom. The summed E-state index contributed by atoms with van der Waals surface area (Å²) in [6, 6.07) is 7.54. The number of nitrogens with one attached hydrogen (secondary N) is 1. The molecule has 5 nitrogen and oxygen atoms in total. The minimum Gasteiger partial charge on any atom is -0.388 e. The molecule has 9 heteroatoms. The lowest BCUT2D eigenvalue weighted by Crippen LogP contribution is -2.15. The third-order valence-electron chi connectivity index (χ3n) is 2.47. The maximum atomic E-state index is 12.2. The highest BCUT2D eigenvalue weighted by atomic mass is 79.9. The van der Waals surface area contributed by atoms with E-state index in [0.29, 0.717) is 20.9 Å². The molecular weight excluding hydrogens is 398 g/mol. The number of rotatable bonds is 4. The average Bonchev–Trinajstić information content (AvgIpc) is 2.43. The lowest BCUT2D eigenvalue weighted by molar-refractivity contribution is 0.601. The van der Waals surface area contributed by atoms with Crippen LogP contribution in [0, 0.1) is 0 Å². The predicted octanol–water partition coefficient (Wildman–Crippen LogP) is 2.93. The molecule has 2 rings (SSSR count). The molecule has 0 aliphatic rings. The maximum Gasteiger partial charge on any atom is 0.263 e. The van der Waals surface area contributed by atoms with Gasteiger partial charge >= 0.3 is 0 Å². The molecule has 0 radical (unpaired) electrons. The van der Waals surface area contributed by atoms with E-state index in [9.17, 15) is 8.42 Å². The molecule has 1 aromatic carbocycles. The van der Waals surface area contributed by atoms with Crippen molar-refractivity contribution in [1.29, 1.82) is 0 Å². The molecule has 0 saturated carbocycles. The van der Waals surface area contributed by atoms with Crippen LogP contribution in [0.2, 0.25) is 5.02 Å². The molecule has 3 N–H and O–H groups in total. The second kappa shape index (κ2) is 6.27. The summed E-state index contributed by atoms with van der Waals surface area (Å²) in [6.45, 7) is 0. The average molecular weight is 407 g/mol. The highest BCUT2D eigenvalue weighted by Crippen LogP contribution is 2.26. The summed E-state index contributed by atoms with van der Waals surface area (Å²) in [5, 5.41) is 0.487.